The van der Waals surface area contributed by atoms with Gasteiger partial charge in [0, 0.05) is 5.57 Å². The summed E-state index contributed by atoms with van der Waals surface area (Å²) in [5.41, 5.74) is 0.320. The molecule has 1 atom stereocenters. The van der Waals surface area contributed by atoms with Crippen LogP contribution in [-0.2, 0) is 4.79 Å². The zero-order chi connectivity index (χ0) is 11.0. The van der Waals surface area contributed by atoms with Crippen molar-refractivity contribution in [3.05, 3.63) is 24.8 Å². The number of rotatable bonds is 8. The van der Waals surface area contributed by atoms with Crippen molar-refractivity contribution in [2.45, 2.75) is 39.0 Å². The van der Waals surface area contributed by atoms with Gasteiger partial charge in [-0.2, -0.15) is 0 Å². The summed E-state index contributed by atoms with van der Waals surface area (Å²) in [7, 11) is 0. The van der Waals surface area contributed by atoms with Crippen LogP contribution in [0.25, 0.3) is 0 Å². The Labute approximate surface area is 86.3 Å². The molecule has 1 unspecified atom stereocenters. The van der Waals surface area contributed by atoms with Gasteiger partial charge in [0.25, 0.3) is 0 Å². The van der Waals surface area contributed by atoms with E-state index in [0.717, 1.165) is 32.1 Å². The number of hydrogen-bond acceptors (Lipinski definition) is 1. The van der Waals surface area contributed by atoms with Gasteiger partial charge in [-0.05, 0) is 18.8 Å². The van der Waals surface area contributed by atoms with E-state index in [2.05, 4.69) is 20.1 Å². The summed E-state index contributed by atoms with van der Waals surface area (Å²) in [4.78, 5) is 10.7. The summed E-state index contributed by atoms with van der Waals surface area (Å²) in [5, 5.41) is 8.80. The van der Waals surface area contributed by atoms with Gasteiger partial charge < -0.3 is 5.11 Å². The monoisotopic (exact) mass is 196 g/mol. The van der Waals surface area contributed by atoms with E-state index in [1.54, 1.807) is 6.08 Å². The molecular formula is C12H20O2. The molecule has 0 saturated heterocycles. The van der Waals surface area contributed by atoms with Crippen LogP contribution in [0.1, 0.15) is 39.0 Å². The van der Waals surface area contributed by atoms with Gasteiger partial charge in [-0.15, -0.1) is 6.58 Å². The molecule has 0 aromatic heterocycles. The minimum Gasteiger partial charge on any atom is -0.478 e. The fourth-order valence-corrected chi connectivity index (χ4v) is 1.45. The summed E-state index contributed by atoms with van der Waals surface area (Å²) >= 11 is 0. The smallest absolute Gasteiger partial charge is 0.331 e. The van der Waals surface area contributed by atoms with Gasteiger partial charge in [0.05, 0.1) is 0 Å². The molecule has 14 heavy (non-hydrogen) atoms. The Morgan fingerprint density at radius 2 is 2.14 bits per heavy atom. The van der Waals surface area contributed by atoms with E-state index >= 15 is 0 Å². The highest BCUT2D eigenvalue weighted by Gasteiger charge is 2.16. The van der Waals surface area contributed by atoms with Gasteiger partial charge in [-0.3, -0.25) is 0 Å². The minimum atomic E-state index is -0.881. The fraction of sp³-hybridized carbons (Fsp3) is 0.583. The van der Waals surface area contributed by atoms with Crippen LogP contribution in [0.2, 0.25) is 0 Å². The molecule has 0 radical (unpaired) electrons. The molecule has 0 fully saturated rings. The number of aliphatic carboxylic acids is 1. The number of carbonyl (C=O) groups is 1. The molecule has 0 saturated carbocycles. The first-order valence-corrected chi connectivity index (χ1v) is 5.16. The van der Waals surface area contributed by atoms with Crippen LogP contribution in [0.5, 0.6) is 0 Å². The van der Waals surface area contributed by atoms with E-state index in [1.807, 2.05) is 0 Å². The lowest BCUT2D eigenvalue weighted by Gasteiger charge is -2.14. The SMILES string of the molecule is C=CCC(CCCCC)C(=C)C(=O)O. The maximum absolute atomic E-state index is 10.7. The number of allylic oxidation sites excluding steroid dienone is 1. The first kappa shape index (κ1) is 12.9. The highest BCUT2D eigenvalue weighted by atomic mass is 16.4. The number of unbranched alkanes of at least 4 members (excludes halogenated alkanes) is 2. The zero-order valence-electron chi connectivity index (χ0n) is 8.96. The predicted molar refractivity (Wildman–Crippen MR) is 59.2 cm³/mol. The molecule has 2 nitrogen and oxygen atoms in total. The molecule has 0 rings (SSSR count). The van der Waals surface area contributed by atoms with Crippen molar-refractivity contribution in [2.24, 2.45) is 5.92 Å². The average Bonchev–Trinajstić information content (AvgIpc) is 2.15. The lowest BCUT2D eigenvalue weighted by Crippen LogP contribution is -2.11. The molecule has 0 aromatic rings. The van der Waals surface area contributed by atoms with Crippen molar-refractivity contribution in [3.8, 4) is 0 Å². The largest absolute Gasteiger partial charge is 0.478 e. The van der Waals surface area contributed by atoms with Crippen LogP contribution in [0.3, 0.4) is 0 Å². The first-order chi connectivity index (χ1) is 6.63. The highest BCUT2D eigenvalue weighted by Crippen LogP contribution is 2.21. The Kier molecular flexibility index (Phi) is 6.81. The predicted octanol–water partition coefficient (Wildman–Crippen LogP) is 3.40. The van der Waals surface area contributed by atoms with Crippen LogP contribution < -0.4 is 0 Å². The molecule has 0 aliphatic carbocycles. The quantitative estimate of drug-likeness (QED) is 0.367. The van der Waals surface area contributed by atoms with E-state index in [4.69, 9.17) is 5.11 Å². The van der Waals surface area contributed by atoms with Crippen molar-refractivity contribution in [3.63, 3.8) is 0 Å². The summed E-state index contributed by atoms with van der Waals surface area (Å²) in [6.07, 6.45) is 6.77. The third-order valence-electron chi connectivity index (χ3n) is 2.37. The Balaban J connectivity index is 4.07. The number of hydrogen-bond donors (Lipinski definition) is 1. The van der Waals surface area contributed by atoms with Gasteiger partial charge in [-0.25, -0.2) is 4.79 Å². The lowest BCUT2D eigenvalue weighted by atomic mass is 9.91. The molecule has 0 spiro atoms. The van der Waals surface area contributed by atoms with Crippen molar-refractivity contribution >= 4 is 5.97 Å². The summed E-state index contributed by atoms with van der Waals surface area (Å²) in [5.74, 6) is -0.815. The summed E-state index contributed by atoms with van der Waals surface area (Å²) in [6, 6.07) is 0. The fourth-order valence-electron chi connectivity index (χ4n) is 1.45. The Hall–Kier alpha value is -1.05. The van der Waals surface area contributed by atoms with E-state index in [-0.39, 0.29) is 5.92 Å². The Bertz CT molecular complexity index is 206. The molecule has 0 bridgehead atoms. The molecule has 2 heteroatoms. The minimum absolute atomic E-state index is 0.0662. The Morgan fingerprint density at radius 3 is 2.57 bits per heavy atom. The van der Waals surface area contributed by atoms with E-state index < -0.39 is 5.97 Å². The van der Waals surface area contributed by atoms with Crippen LogP contribution in [-0.4, -0.2) is 11.1 Å². The van der Waals surface area contributed by atoms with Crippen molar-refractivity contribution in [2.75, 3.05) is 0 Å². The van der Waals surface area contributed by atoms with Crippen molar-refractivity contribution in [1.29, 1.82) is 0 Å². The van der Waals surface area contributed by atoms with Gasteiger partial charge in [0.2, 0.25) is 0 Å². The van der Waals surface area contributed by atoms with Crippen LogP contribution >= 0.6 is 0 Å². The molecule has 0 amide bonds. The molecular weight excluding hydrogens is 176 g/mol. The number of carboxylic acid groups (broad SMARTS) is 1. The zero-order valence-corrected chi connectivity index (χ0v) is 8.96. The second-order valence-electron chi connectivity index (χ2n) is 3.55. The van der Waals surface area contributed by atoms with Crippen LogP contribution in [0.4, 0.5) is 0 Å². The summed E-state index contributed by atoms with van der Waals surface area (Å²) in [6.45, 7) is 9.37. The van der Waals surface area contributed by atoms with Crippen LogP contribution in [0.15, 0.2) is 24.8 Å². The molecule has 0 aromatic carbocycles. The number of carboxylic acids is 1. The van der Waals surface area contributed by atoms with Gasteiger partial charge in [0.1, 0.15) is 0 Å². The lowest BCUT2D eigenvalue weighted by molar-refractivity contribution is -0.133. The molecule has 80 valence electrons. The third kappa shape index (κ3) is 4.85. The maximum atomic E-state index is 10.7. The van der Waals surface area contributed by atoms with Gasteiger partial charge in [-0.1, -0.05) is 38.8 Å². The van der Waals surface area contributed by atoms with Crippen molar-refractivity contribution < 1.29 is 9.90 Å². The third-order valence-corrected chi connectivity index (χ3v) is 2.37. The van der Waals surface area contributed by atoms with E-state index in [1.165, 1.54) is 0 Å². The molecule has 0 aliphatic rings. The maximum Gasteiger partial charge on any atom is 0.331 e. The van der Waals surface area contributed by atoms with E-state index in [9.17, 15) is 4.79 Å². The average molecular weight is 196 g/mol. The summed E-state index contributed by atoms with van der Waals surface area (Å²) < 4.78 is 0. The van der Waals surface area contributed by atoms with Crippen LogP contribution in [0, 0.1) is 5.92 Å². The highest BCUT2D eigenvalue weighted by molar-refractivity contribution is 5.86. The van der Waals surface area contributed by atoms with E-state index in [0.29, 0.717) is 5.57 Å². The Morgan fingerprint density at radius 1 is 1.50 bits per heavy atom. The second-order valence-corrected chi connectivity index (χ2v) is 3.55. The second kappa shape index (κ2) is 7.36. The molecule has 0 heterocycles. The topological polar surface area (TPSA) is 37.3 Å². The van der Waals surface area contributed by atoms with Crippen molar-refractivity contribution in [1.82, 2.24) is 0 Å². The molecule has 1 N–H and O–H groups in total. The van der Waals surface area contributed by atoms with Gasteiger partial charge in [0.15, 0.2) is 0 Å². The normalized spacial score (nSPS) is 12.1. The van der Waals surface area contributed by atoms with Gasteiger partial charge >= 0.3 is 5.97 Å². The first-order valence-electron chi connectivity index (χ1n) is 5.16. The standard InChI is InChI=1S/C12H20O2/c1-4-6-7-9-11(8-5-2)10(3)12(13)14/h5,11H,2-4,6-9H2,1H3,(H,13,14). The molecule has 0 aliphatic heterocycles.